The second-order valence-electron chi connectivity index (χ2n) is 5.54. The van der Waals surface area contributed by atoms with Crippen LogP contribution in [0.25, 0.3) is 0 Å². The third-order valence-corrected chi connectivity index (χ3v) is 5.48. The zero-order valence-electron chi connectivity index (χ0n) is 13.2. The van der Waals surface area contributed by atoms with Gasteiger partial charge < -0.3 is 9.47 Å². The fraction of sp³-hybridized carbons (Fsp3) is 0.389. The Morgan fingerprint density at radius 1 is 1.39 bits per heavy atom. The summed E-state index contributed by atoms with van der Waals surface area (Å²) in [7, 11) is 0. The molecule has 122 valence electrons. The van der Waals surface area contributed by atoms with Gasteiger partial charge >= 0.3 is 5.97 Å². The van der Waals surface area contributed by atoms with Crippen molar-refractivity contribution in [3.63, 3.8) is 0 Å². The third kappa shape index (κ3) is 3.16. The summed E-state index contributed by atoms with van der Waals surface area (Å²) in [4.78, 5) is 14.5. The molecule has 2 heterocycles. The predicted molar refractivity (Wildman–Crippen MR) is 87.6 cm³/mol. The molecule has 3 rings (SSSR count). The SMILES string of the molecule is CCOC(=O)c1c(C(C)c2ccc(F)cc2)sc2c1CCOC2. The minimum atomic E-state index is -0.268. The first-order valence-electron chi connectivity index (χ1n) is 7.76. The lowest BCUT2D eigenvalue weighted by Gasteiger charge is -2.15. The largest absolute Gasteiger partial charge is 0.462 e. The molecule has 0 amide bonds. The molecule has 3 nitrogen and oxygen atoms in total. The van der Waals surface area contributed by atoms with Gasteiger partial charge in [-0.05, 0) is 36.6 Å². The van der Waals surface area contributed by atoms with Gasteiger partial charge in [-0.2, -0.15) is 0 Å². The Kier molecular flexibility index (Phi) is 4.78. The van der Waals surface area contributed by atoms with Crippen molar-refractivity contribution in [1.29, 1.82) is 0 Å². The Morgan fingerprint density at radius 2 is 2.13 bits per heavy atom. The van der Waals surface area contributed by atoms with Gasteiger partial charge in [-0.3, -0.25) is 0 Å². The van der Waals surface area contributed by atoms with Crippen LogP contribution in [-0.2, 0) is 22.5 Å². The summed E-state index contributed by atoms with van der Waals surface area (Å²) in [5, 5.41) is 0. The number of carbonyl (C=O) groups excluding carboxylic acids is 1. The van der Waals surface area contributed by atoms with Crippen molar-refractivity contribution in [2.24, 2.45) is 0 Å². The van der Waals surface area contributed by atoms with Crippen LogP contribution in [-0.4, -0.2) is 19.2 Å². The van der Waals surface area contributed by atoms with Gasteiger partial charge in [0, 0.05) is 15.7 Å². The van der Waals surface area contributed by atoms with E-state index in [2.05, 4.69) is 0 Å². The average Bonchev–Trinajstić information content (AvgIpc) is 2.94. The number of rotatable bonds is 4. The molecule has 1 unspecified atom stereocenters. The van der Waals surface area contributed by atoms with Crippen LogP contribution >= 0.6 is 11.3 Å². The monoisotopic (exact) mass is 334 g/mol. The van der Waals surface area contributed by atoms with Crippen LogP contribution in [0, 0.1) is 5.82 Å². The average molecular weight is 334 g/mol. The second-order valence-corrected chi connectivity index (χ2v) is 6.68. The summed E-state index contributed by atoms with van der Waals surface area (Å²) in [6.07, 6.45) is 0.732. The molecule has 0 saturated heterocycles. The van der Waals surface area contributed by atoms with E-state index in [-0.39, 0.29) is 17.7 Å². The number of benzene rings is 1. The Labute approximate surface area is 139 Å². The summed E-state index contributed by atoms with van der Waals surface area (Å²) in [6.45, 7) is 5.37. The van der Waals surface area contributed by atoms with Crippen LogP contribution < -0.4 is 0 Å². The van der Waals surface area contributed by atoms with Crippen molar-refractivity contribution in [3.8, 4) is 0 Å². The smallest absolute Gasteiger partial charge is 0.339 e. The molecule has 0 radical (unpaired) electrons. The van der Waals surface area contributed by atoms with Crippen molar-refractivity contribution in [2.45, 2.75) is 32.8 Å². The second kappa shape index (κ2) is 6.81. The lowest BCUT2D eigenvalue weighted by Crippen LogP contribution is -2.14. The molecule has 0 fully saturated rings. The van der Waals surface area contributed by atoms with E-state index < -0.39 is 0 Å². The highest BCUT2D eigenvalue weighted by Crippen LogP contribution is 2.39. The number of esters is 1. The van der Waals surface area contributed by atoms with Crippen LogP contribution in [0.5, 0.6) is 0 Å². The van der Waals surface area contributed by atoms with E-state index in [1.54, 1.807) is 23.5 Å². The van der Waals surface area contributed by atoms with Crippen molar-refractivity contribution >= 4 is 17.3 Å². The van der Waals surface area contributed by atoms with E-state index in [0.717, 1.165) is 27.3 Å². The molecule has 1 aromatic heterocycles. The zero-order chi connectivity index (χ0) is 16.4. The summed E-state index contributed by atoms with van der Waals surface area (Å²) in [5.41, 5.74) is 2.73. The maximum absolute atomic E-state index is 13.2. The Hall–Kier alpha value is -1.72. The Balaban J connectivity index is 2.05. The Morgan fingerprint density at radius 3 is 2.83 bits per heavy atom. The van der Waals surface area contributed by atoms with E-state index in [0.29, 0.717) is 25.4 Å². The van der Waals surface area contributed by atoms with Crippen LogP contribution in [0.3, 0.4) is 0 Å². The number of halogens is 1. The minimum absolute atomic E-state index is 0.00519. The number of hydrogen-bond acceptors (Lipinski definition) is 4. The predicted octanol–water partition coefficient (Wildman–Crippen LogP) is 4.29. The molecular formula is C18H19FO3S. The number of carbonyl (C=O) groups is 1. The van der Waals surface area contributed by atoms with Crippen LogP contribution in [0.2, 0.25) is 0 Å². The van der Waals surface area contributed by atoms with Gasteiger partial charge in [0.05, 0.1) is 25.4 Å². The van der Waals surface area contributed by atoms with E-state index in [1.165, 1.54) is 12.1 Å². The molecular weight excluding hydrogens is 315 g/mol. The van der Waals surface area contributed by atoms with E-state index in [9.17, 15) is 9.18 Å². The first kappa shape index (κ1) is 16.1. The van der Waals surface area contributed by atoms with E-state index in [1.807, 2.05) is 13.8 Å². The van der Waals surface area contributed by atoms with Crippen molar-refractivity contribution in [3.05, 3.63) is 56.5 Å². The number of hydrogen-bond donors (Lipinski definition) is 0. The summed E-state index contributed by atoms with van der Waals surface area (Å²) < 4.78 is 23.9. The lowest BCUT2D eigenvalue weighted by atomic mass is 9.94. The van der Waals surface area contributed by atoms with Crippen LogP contribution in [0.1, 0.15) is 51.0 Å². The highest BCUT2D eigenvalue weighted by Gasteiger charge is 2.29. The number of fused-ring (bicyclic) bond motifs is 1. The molecule has 0 bridgehead atoms. The van der Waals surface area contributed by atoms with Crippen molar-refractivity contribution in [2.75, 3.05) is 13.2 Å². The van der Waals surface area contributed by atoms with Gasteiger partial charge in [0.15, 0.2) is 0 Å². The first-order valence-corrected chi connectivity index (χ1v) is 8.58. The number of ether oxygens (including phenoxy) is 2. The minimum Gasteiger partial charge on any atom is -0.462 e. The molecule has 0 aliphatic carbocycles. The first-order chi connectivity index (χ1) is 11.1. The fourth-order valence-corrected chi connectivity index (χ4v) is 4.24. The molecule has 23 heavy (non-hydrogen) atoms. The fourth-order valence-electron chi connectivity index (χ4n) is 2.89. The third-order valence-electron chi connectivity index (χ3n) is 4.09. The summed E-state index contributed by atoms with van der Waals surface area (Å²) in [5.74, 6) is -0.521. The molecule has 1 aromatic carbocycles. The van der Waals surface area contributed by atoms with Crippen molar-refractivity contribution in [1.82, 2.24) is 0 Å². The van der Waals surface area contributed by atoms with Gasteiger partial charge in [-0.25, -0.2) is 9.18 Å². The zero-order valence-corrected chi connectivity index (χ0v) is 14.0. The quantitative estimate of drug-likeness (QED) is 0.783. The Bertz CT molecular complexity index is 706. The molecule has 2 aromatic rings. The van der Waals surface area contributed by atoms with E-state index in [4.69, 9.17) is 9.47 Å². The summed E-state index contributed by atoms with van der Waals surface area (Å²) in [6, 6.07) is 6.44. The van der Waals surface area contributed by atoms with Crippen LogP contribution in [0.15, 0.2) is 24.3 Å². The maximum atomic E-state index is 13.2. The van der Waals surface area contributed by atoms with Crippen LogP contribution in [0.4, 0.5) is 4.39 Å². The normalized spacial score (nSPS) is 15.1. The molecule has 5 heteroatoms. The molecule has 0 N–H and O–H groups in total. The highest BCUT2D eigenvalue weighted by atomic mass is 32.1. The highest BCUT2D eigenvalue weighted by molar-refractivity contribution is 7.12. The van der Waals surface area contributed by atoms with Gasteiger partial charge in [0.2, 0.25) is 0 Å². The molecule has 0 spiro atoms. The van der Waals surface area contributed by atoms with Gasteiger partial charge in [-0.15, -0.1) is 11.3 Å². The maximum Gasteiger partial charge on any atom is 0.339 e. The number of thiophene rings is 1. The standard InChI is InChI=1S/C18H19FO3S/c1-3-22-18(20)16-14-8-9-21-10-15(14)23-17(16)11(2)12-4-6-13(19)7-5-12/h4-7,11H,3,8-10H2,1-2H3. The molecule has 1 atom stereocenters. The summed E-state index contributed by atoms with van der Waals surface area (Å²) >= 11 is 1.60. The van der Waals surface area contributed by atoms with Gasteiger partial charge in [0.1, 0.15) is 5.82 Å². The molecule has 1 aliphatic heterocycles. The van der Waals surface area contributed by atoms with Gasteiger partial charge in [0.25, 0.3) is 0 Å². The topological polar surface area (TPSA) is 35.5 Å². The van der Waals surface area contributed by atoms with E-state index >= 15 is 0 Å². The van der Waals surface area contributed by atoms with Gasteiger partial charge in [-0.1, -0.05) is 19.1 Å². The molecule has 1 aliphatic rings. The van der Waals surface area contributed by atoms with Crippen molar-refractivity contribution < 1.29 is 18.7 Å². The lowest BCUT2D eigenvalue weighted by molar-refractivity contribution is 0.0521. The molecule has 0 saturated carbocycles.